The van der Waals surface area contributed by atoms with Crippen LogP contribution in [0.3, 0.4) is 0 Å². The molecular formula is C48H56O5. The van der Waals surface area contributed by atoms with Gasteiger partial charge in [0.15, 0.2) is 0 Å². The standard InChI is InChI=1S/C48H56O5/c49-31-34-17-18-39(25-34)41(32-50)14-3-1-2-10-35-11-6-7-16-46(47(52)53)48(24-23-40-28-37-12-4-5-13-38(37)29-42(40)30-48)43-15-8-9-33(26-43)27-45(35)36-19-21-44(51)22-20-36/h4-9,12-13,15,19-22,25-26,28-29,32,35,39-42,45-46,49,51H,1-3,10-11,14,16-18,23-24,27,30-31H2,(H,52,53)/t35-,39+,40+,41+,42-,45+,46-,48+/m0/s1. The highest BCUT2D eigenvalue weighted by atomic mass is 16.4. The molecule has 0 radical (unpaired) electrons. The summed E-state index contributed by atoms with van der Waals surface area (Å²) >= 11 is 0. The van der Waals surface area contributed by atoms with Gasteiger partial charge >= 0.3 is 5.97 Å². The summed E-state index contributed by atoms with van der Waals surface area (Å²) in [6, 6.07) is 25.2. The van der Waals surface area contributed by atoms with Crippen LogP contribution < -0.4 is 10.4 Å². The summed E-state index contributed by atoms with van der Waals surface area (Å²) in [4.78, 5) is 25.3. The average Bonchev–Trinajstić information content (AvgIpc) is 3.66. The first-order valence-electron chi connectivity index (χ1n) is 20.2. The first-order chi connectivity index (χ1) is 25.9. The Morgan fingerprint density at radius 3 is 2.38 bits per heavy atom. The highest BCUT2D eigenvalue weighted by Gasteiger charge is 2.49. The molecule has 0 amide bonds. The maximum atomic E-state index is 13.3. The number of fused-ring (bicyclic) bond motifs is 5. The molecule has 0 unspecified atom stereocenters. The van der Waals surface area contributed by atoms with Gasteiger partial charge in [-0.3, -0.25) is 4.79 Å². The lowest BCUT2D eigenvalue weighted by Crippen LogP contribution is -2.47. The molecule has 278 valence electrons. The molecule has 1 spiro atoms. The third-order valence-electron chi connectivity index (χ3n) is 13.4. The summed E-state index contributed by atoms with van der Waals surface area (Å²) in [6.45, 7) is 0.0934. The van der Waals surface area contributed by atoms with Gasteiger partial charge in [0.05, 0.1) is 12.5 Å². The van der Waals surface area contributed by atoms with Crippen molar-refractivity contribution in [1.82, 2.24) is 0 Å². The second-order valence-corrected chi connectivity index (χ2v) is 16.5. The highest BCUT2D eigenvalue weighted by molar-refractivity contribution is 5.73. The molecule has 4 aliphatic rings. The van der Waals surface area contributed by atoms with Gasteiger partial charge in [0.25, 0.3) is 0 Å². The lowest BCUT2D eigenvalue weighted by Gasteiger charge is -2.48. The normalized spacial score (nSPS) is 28.6. The van der Waals surface area contributed by atoms with Crippen LogP contribution in [0.1, 0.15) is 99.7 Å². The monoisotopic (exact) mass is 712 g/mol. The van der Waals surface area contributed by atoms with Gasteiger partial charge in [0.1, 0.15) is 12.0 Å². The number of aliphatic hydroxyl groups excluding tert-OH is 1. The SMILES string of the molecule is O=C[C@@H](CCCCC[C@H]1CC=CC[C@@H](C(=O)O)[C@@]2(CC[C@@H]3C=c4ccccc4=C[C@H]3C2)c2cccc(c2)C[C@H]1c1ccc(O)cc1)[C@H]1C=C(CO)CC1. The third kappa shape index (κ3) is 8.31. The molecule has 0 heterocycles. The molecule has 0 aliphatic heterocycles. The number of phenols is 1. The van der Waals surface area contributed by atoms with Gasteiger partial charge in [0.2, 0.25) is 0 Å². The summed E-state index contributed by atoms with van der Waals surface area (Å²) in [5, 5.41) is 33.2. The lowest BCUT2D eigenvalue weighted by molar-refractivity contribution is -0.145. The number of unbranched alkanes of at least 4 members (excludes halogenated alkanes) is 2. The Kier molecular flexibility index (Phi) is 11.8. The Morgan fingerprint density at radius 1 is 0.868 bits per heavy atom. The van der Waals surface area contributed by atoms with E-state index < -0.39 is 17.3 Å². The zero-order valence-corrected chi connectivity index (χ0v) is 31.0. The molecule has 0 aromatic heterocycles. The van der Waals surface area contributed by atoms with Crippen LogP contribution in [0, 0.1) is 35.5 Å². The minimum absolute atomic E-state index is 0.0193. The molecule has 0 saturated heterocycles. The van der Waals surface area contributed by atoms with Crippen molar-refractivity contribution in [3.05, 3.63) is 124 Å². The highest BCUT2D eigenvalue weighted by Crippen LogP contribution is 2.52. The first-order valence-corrected chi connectivity index (χ1v) is 20.2. The smallest absolute Gasteiger partial charge is 0.307 e. The number of allylic oxidation sites excluding steroid dienone is 3. The Hall–Kier alpha value is -4.22. The fourth-order valence-electron chi connectivity index (χ4n) is 10.5. The van der Waals surface area contributed by atoms with Crippen molar-refractivity contribution < 1.29 is 24.9 Å². The van der Waals surface area contributed by atoms with E-state index in [1.54, 1.807) is 12.1 Å². The topological polar surface area (TPSA) is 94.8 Å². The van der Waals surface area contributed by atoms with Gasteiger partial charge in [-0.2, -0.15) is 0 Å². The molecule has 3 aromatic carbocycles. The van der Waals surface area contributed by atoms with Crippen LogP contribution in [-0.4, -0.2) is 34.2 Å². The molecule has 5 nitrogen and oxygen atoms in total. The van der Waals surface area contributed by atoms with Crippen molar-refractivity contribution in [2.24, 2.45) is 35.5 Å². The Balaban J connectivity index is 1.14. The number of phenolic OH excluding ortho intramolecular Hbond substituents is 1. The number of carbonyl (C=O) groups excluding carboxylic acids is 1. The molecule has 3 aromatic rings. The summed E-state index contributed by atoms with van der Waals surface area (Å²) in [5.74, 6) is 0.612. The predicted octanol–water partition coefficient (Wildman–Crippen LogP) is 8.41. The van der Waals surface area contributed by atoms with Gasteiger partial charge in [-0.05, 0) is 139 Å². The van der Waals surface area contributed by atoms with E-state index in [1.165, 1.54) is 21.6 Å². The number of carbonyl (C=O) groups is 2. The van der Waals surface area contributed by atoms with Gasteiger partial charge in [0, 0.05) is 11.3 Å². The Labute approximate surface area is 314 Å². The van der Waals surface area contributed by atoms with E-state index in [1.807, 2.05) is 0 Å². The number of aldehydes is 1. The van der Waals surface area contributed by atoms with Crippen molar-refractivity contribution in [3.8, 4) is 5.75 Å². The number of aliphatic carboxylic acids is 1. The van der Waals surface area contributed by atoms with E-state index in [-0.39, 0.29) is 30.1 Å². The number of aliphatic hydroxyl groups is 1. The van der Waals surface area contributed by atoms with Crippen molar-refractivity contribution in [2.45, 2.75) is 94.8 Å². The fourth-order valence-corrected chi connectivity index (χ4v) is 10.5. The van der Waals surface area contributed by atoms with Crippen molar-refractivity contribution in [3.63, 3.8) is 0 Å². The lowest BCUT2D eigenvalue weighted by atomic mass is 9.55. The van der Waals surface area contributed by atoms with Crippen LogP contribution >= 0.6 is 0 Å². The number of hydrogen-bond donors (Lipinski definition) is 3. The van der Waals surface area contributed by atoms with Gasteiger partial charge in [-0.25, -0.2) is 0 Å². The number of rotatable bonds is 11. The second-order valence-electron chi connectivity index (χ2n) is 16.5. The zero-order valence-electron chi connectivity index (χ0n) is 31.0. The number of carboxylic acids is 1. The van der Waals surface area contributed by atoms with Crippen LogP contribution in [0.15, 0.2) is 96.6 Å². The molecule has 8 atom stereocenters. The Morgan fingerprint density at radius 2 is 1.64 bits per heavy atom. The zero-order chi connectivity index (χ0) is 36.8. The van der Waals surface area contributed by atoms with Crippen molar-refractivity contribution in [1.29, 1.82) is 0 Å². The molecule has 1 fully saturated rings. The van der Waals surface area contributed by atoms with E-state index >= 15 is 0 Å². The molecule has 3 N–H and O–H groups in total. The van der Waals surface area contributed by atoms with Crippen LogP contribution in [0.25, 0.3) is 12.2 Å². The van der Waals surface area contributed by atoms with Gasteiger partial charge < -0.3 is 20.1 Å². The summed E-state index contributed by atoms with van der Waals surface area (Å²) < 4.78 is 0. The fraction of sp³-hybridized carbons (Fsp3) is 0.458. The minimum Gasteiger partial charge on any atom is -0.508 e. The van der Waals surface area contributed by atoms with Crippen LogP contribution in [0.4, 0.5) is 0 Å². The number of carboxylic acid groups (broad SMARTS) is 1. The quantitative estimate of drug-likeness (QED) is 0.106. The van der Waals surface area contributed by atoms with Crippen molar-refractivity contribution in [2.75, 3.05) is 6.61 Å². The predicted molar refractivity (Wildman–Crippen MR) is 212 cm³/mol. The summed E-state index contributed by atoms with van der Waals surface area (Å²) in [5.41, 5.74) is 4.22. The van der Waals surface area contributed by atoms with Crippen LogP contribution in [0.2, 0.25) is 0 Å². The Bertz CT molecular complexity index is 1920. The molecular weight excluding hydrogens is 657 g/mol. The minimum atomic E-state index is -0.705. The summed E-state index contributed by atoms with van der Waals surface area (Å²) in [7, 11) is 0. The van der Waals surface area contributed by atoms with E-state index in [0.717, 1.165) is 94.5 Å². The molecule has 4 aliphatic carbocycles. The number of hydrogen-bond acceptors (Lipinski definition) is 4. The van der Waals surface area contributed by atoms with Crippen LogP contribution in [-0.2, 0) is 21.4 Å². The van der Waals surface area contributed by atoms with E-state index in [9.17, 15) is 24.9 Å². The summed E-state index contributed by atoms with van der Waals surface area (Å²) in [6.07, 6.45) is 24.3. The number of benzene rings is 3. The van der Waals surface area contributed by atoms with Gasteiger partial charge in [-0.15, -0.1) is 0 Å². The third-order valence-corrected chi connectivity index (χ3v) is 13.4. The van der Waals surface area contributed by atoms with E-state index in [2.05, 4.69) is 91.0 Å². The molecule has 1 saturated carbocycles. The van der Waals surface area contributed by atoms with Crippen molar-refractivity contribution >= 4 is 24.4 Å². The molecule has 2 bridgehead atoms. The maximum absolute atomic E-state index is 13.3. The van der Waals surface area contributed by atoms with Gasteiger partial charge in [-0.1, -0.05) is 110 Å². The molecule has 7 rings (SSSR count). The molecule has 53 heavy (non-hydrogen) atoms. The second kappa shape index (κ2) is 16.8. The van der Waals surface area contributed by atoms with Crippen LogP contribution in [0.5, 0.6) is 5.75 Å². The van der Waals surface area contributed by atoms with E-state index in [4.69, 9.17) is 0 Å². The maximum Gasteiger partial charge on any atom is 0.307 e. The molecule has 5 heteroatoms. The average molecular weight is 713 g/mol. The first kappa shape index (κ1) is 37.1. The largest absolute Gasteiger partial charge is 0.508 e. The number of aromatic hydroxyl groups is 1. The van der Waals surface area contributed by atoms with E-state index in [0.29, 0.717) is 24.2 Å².